The molecule has 150 valence electrons. The third kappa shape index (κ3) is 5.90. The fraction of sp³-hybridized carbons (Fsp3) is 0.333. The number of guanidine groups is 1. The molecule has 0 aliphatic heterocycles. The van der Waals surface area contributed by atoms with Crippen LogP contribution in [0.3, 0.4) is 0 Å². The van der Waals surface area contributed by atoms with Gasteiger partial charge in [0.15, 0.2) is 17.5 Å². The summed E-state index contributed by atoms with van der Waals surface area (Å²) in [5.41, 5.74) is 2.49. The Morgan fingerprint density at radius 1 is 0.929 bits per heavy atom. The van der Waals surface area contributed by atoms with E-state index in [4.69, 9.17) is 9.47 Å². The van der Waals surface area contributed by atoms with Crippen LogP contribution >= 0.6 is 0 Å². The number of ether oxygens (including phenoxy) is 2. The lowest BCUT2D eigenvalue weighted by molar-refractivity contribution is 0.0956. The molecule has 0 atom stereocenters. The predicted octanol–water partition coefficient (Wildman–Crippen LogP) is 3.03. The van der Waals surface area contributed by atoms with Crippen LogP contribution in [-0.2, 0) is 6.54 Å². The van der Waals surface area contributed by atoms with Gasteiger partial charge in [0.2, 0.25) is 0 Å². The lowest BCUT2D eigenvalue weighted by Crippen LogP contribution is -2.30. The molecule has 0 bridgehead atoms. The van der Waals surface area contributed by atoms with Crippen molar-refractivity contribution >= 4 is 17.6 Å². The van der Waals surface area contributed by atoms with Gasteiger partial charge in [-0.25, -0.2) is 4.99 Å². The molecule has 0 unspecified atom stereocenters. The first-order valence-electron chi connectivity index (χ1n) is 9.25. The molecule has 0 aliphatic rings. The zero-order valence-corrected chi connectivity index (χ0v) is 16.8. The standard InChI is InChI=1S/C21H28N4O3/c1-5-22-20(26)16-9-7-15(8-10-16)14-24-21(23-6-2)25-17-11-12-18(27-3)19(13-17)28-4/h7-13H,5-6,14H2,1-4H3,(H,22,26)(H2,23,24,25). The van der Waals surface area contributed by atoms with Crippen molar-refractivity contribution in [2.75, 3.05) is 32.6 Å². The number of carbonyl (C=O) groups is 1. The average Bonchev–Trinajstić information content (AvgIpc) is 2.72. The summed E-state index contributed by atoms with van der Waals surface area (Å²) in [7, 11) is 3.21. The third-order valence-electron chi connectivity index (χ3n) is 3.96. The fourth-order valence-corrected chi connectivity index (χ4v) is 2.55. The SMILES string of the molecule is CCNC(=O)c1ccc(CN=C(NCC)Nc2ccc(OC)c(OC)c2)cc1. The van der Waals surface area contributed by atoms with Crippen molar-refractivity contribution in [2.24, 2.45) is 4.99 Å². The summed E-state index contributed by atoms with van der Waals surface area (Å²) < 4.78 is 10.6. The molecule has 0 spiro atoms. The van der Waals surface area contributed by atoms with Gasteiger partial charge in [-0.1, -0.05) is 12.1 Å². The lowest BCUT2D eigenvalue weighted by Gasteiger charge is -2.14. The predicted molar refractivity (Wildman–Crippen MR) is 112 cm³/mol. The van der Waals surface area contributed by atoms with Gasteiger partial charge in [-0.05, 0) is 43.7 Å². The van der Waals surface area contributed by atoms with Gasteiger partial charge >= 0.3 is 0 Å². The van der Waals surface area contributed by atoms with E-state index in [1.165, 1.54) is 0 Å². The van der Waals surface area contributed by atoms with E-state index in [1.807, 2.05) is 56.3 Å². The Morgan fingerprint density at radius 3 is 2.21 bits per heavy atom. The second-order valence-corrected chi connectivity index (χ2v) is 5.95. The zero-order valence-electron chi connectivity index (χ0n) is 16.8. The van der Waals surface area contributed by atoms with Crippen LogP contribution in [0.4, 0.5) is 5.69 Å². The van der Waals surface area contributed by atoms with Gasteiger partial charge < -0.3 is 25.4 Å². The minimum absolute atomic E-state index is 0.0685. The van der Waals surface area contributed by atoms with Crippen LogP contribution in [0.1, 0.15) is 29.8 Å². The summed E-state index contributed by atoms with van der Waals surface area (Å²) in [5, 5.41) is 9.27. The quantitative estimate of drug-likeness (QED) is 0.481. The maximum absolute atomic E-state index is 11.8. The number of hydrogen-bond acceptors (Lipinski definition) is 4. The number of amides is 1. The highest BCUT2D eigenvalue weighted by molar-refractivity contribution is 5.94. The molecular weight excluding hydrogens is 356 g/mol. The topological polar surface area (TPSA) is 84.0 Å². The van der Waals surface area contributed by atoms with E-state index in [0.29, 0.717) is 36.1 Å². The molecule has 0 aromatic heterocycles. The minimum atomic E-state index is -0.0685. The number of nitrogens with one attached hydrogen (secondary N) is 3. The number of benzene rings is 2. The van der Waals surface area contributed by atoms with Crippen molar-refractivity contribution in [3.63, 3.8) is 0 Å². The molecule has 2 aromatic rings. The van der Waals surface area contributed by atoms with Gasteiger partial charge in [0.1, 0.15) is 0 Å². The minimum Gasteiger partial charge on any atom is -0.493 e. The van der Waals surface area contributed by atoms with E-state index in [2.05, 4.69) is 20.9 Å². The number of hydrogen-bond donors (Lipinski definition) is 3. The van der Waals surface area contributed by atoms with Gasteiger partial charge in [0.25, 0.3) is 5.91 Å². The molecule has 2 aromatic carbocycles. The van der Waals surface area contributed by atoms with E-state index in [-0.39, 0.29) is 5.91 Å². The molecule has 1 amide bonds. The maximum atomic E-state index is 11.8. The fourth-order valence-electron chi connectivity index (χ4n) is 2.55. The molecule has 28 heavy (non-hydrogen) atoms. The van der Waals surface area contributed by atoms with Crippen molar-refractivity contribution in [1.29, 1.82) is 0 Å². The van der Waals surface area contributed by atoms with E-state index in [0.717, 1.165) is 17.8 Å². The lowest BCUT2D eigenvalue weighted by atomic mass is 10.1. The van der Waals surface area contributed by atoms with Crippen LogP contribution in [0.2, 0.25) is 0 Å². The van der Waals surface area contributed by atoms with E-state index < -0.39 is 0 Å². The van der Waals surface area contributed by atoms with Crippen LogP contribution < -0.4 is 25.4 Å². The van der Waals surface area contributed by atoms with Gasteiger partial charge in [0, 0.05) is 30.4 Å². The Labute approximate surface area is 166 Å². The van der Waals surface area contributed by atoms with Gasteiger partial charge in [-0.15, -0.1) is 0 Å². The molecule has 0 aliphatic carbocycles. The van der Waals surface area contributed by atoms with Crippen molar-refractivity contribution in [3.05, 3.63) is 53.6 Å². The summed E-state index contributed by atoms with van der Waals surface area (Å²) in [4.78, 5) is 16.4. The Balaban J connectivity index is 2.09. The van der Waals surface area contributed by atoms with E-state index >= 15 is 0 Å². The number of anilines is 1. The van der Waals surface area contributed by atoms with Crippen molar-refractivity contribution < 1.29 is 14.3 Å². The Bertz CT molecular complexity index is 804. The van der Waals surface area contributed by atoms with Crippen LogP contribution in [0, 0.1) is 0 Å². The van der Waals surface area contributed by atoms with Crippen molar-refractivity contribution in [1.82, 2.24) is 10.6 Å². The highest BCUT2D eigenvalue weighted by Crippen LogP contribution is 2.29. The summed E-state index contributed by atoms with van der Waals surface area (Å²) in [6.07, 6.45) is 0. The first-order chi connectivity index (χ1) is 13.6. The summed E-state index contributed by atoms with van der Waals surface area (Å²) in [6, 6.07) is 13.0. The van der Waals surface area contributed by atoms with Crippen LogP contribution in [0.15, 0.2) is 47.5 Å². The Kier molecular flexibility index (Phi) is 8.14. The van der Waals surface area contributed by atoms with Crippen molar-refractivity contribution in [2.45, 2.75) is 20.4 Å². The Morgan fingerprint density at radius 2 is 1.61 bits per heavy atom. The molecule has 7 heteroatoms. The number of carbonyl (C=O) groups excluding carboxylic acids is 1. The average molecular weight is 384 g/mol. The van der Waals surface area contributed by atoms with E-state index in [1.54, 1.807) is 14.2 Å². The third-order valence-corrected chi connectivity index (χ3v) is 3.96. The molecule has 0 saturated heterocycles. The summed E-state index contributed by atoms with van der Waals surface area (Å²) in [6.45, 7) is 5.73. The first kappa shape index (κ1) is 21.1. The monoisotopic (exact) mass is 384 g/mol. The van der Waals surface area contributed by atoms with E-state index in [9.17, 15) is 4.79 Å². The number of aliphatic imine (C=N–C) groups is 1. The maximum Gasteiger partial charge on any atom is 0.251 e. The second-order valence-electron chi connectivity index (χ2n) is 5.95. The van der Waals surface area contributed by atoms with Gasteiger partial charge in [-0.2, -0.15) is 0 Å². The molecule has 3 N–H and O–H groups in total. The number of nitrogens with zero attached hydrogens (tertiary/aromatic N) is 1. The normalized spacial score (nSPS) is 10.9. The van der Waals surface area contributed by atoms with Gasteiger partial charge in [0.05, 0.1) is 20.8 Å². The molecule has 7 nitrogen and oxygen atoms in total. The molecule has 0 fully saturated rings. The van der Waals surface area contributed by atoms with Gasteiger partial charge in [-0.3, -0.25) is 4.79 Å². The summed E-state index contributed by atoms with van der Waals surface area (Å²) in [5.74, 6) is 1.90. The molecule has 0 radical (unpaired) electrons. The molecule has 0 saturated carbocycles. The van der Waals surface area contributed by atoms with Crippen molar-refractivity contribution in [3.8, 4) is 11.5 Å². The second kappa shape index (κ2) is 10.8. The Hall–Kier alpha value is -3.22. The van der Waals surface area contributed by atoms with Crippen LogP contribution in [-0.4, -0.2) is 39.2 Å². The highest BCUT2D eigenvalue weighted by atomic mass is 16.5. The smallest absolute Gasteiger partial charge is 0.251 e. The highest BCUT2D eigenvalue weighted by Gasteiger charge is 2.07. The molecule has 2 rings (SSSR count). The first-order valence-corrected chi connectivity index (χ1v) is 9.25. The molecular formula is C21H28N4O3. The zero-order chi connectivity index (χ0) is 20.4. The summed E-state index contributed by atoms with van der Waals surface area (Å²) >= 11 is 0. The molecule has 0 heterocycles. The van der Waals surface area contributed by atoms with Crippen LogP contribution in [0.25, 0.3) is 0 Å². The number of methoxy groups -OCH3 is 2. The van der Waals surface area contributed by atoms with Crippen LogP contribution in [0.5, 0.6) is 11.5 Å². The largest absolute Gasteiger partial charge is 0.493 e. The number of rotatable bonds is 8.